The van der Waals surface area contributed by atoms with E-state index in [4.69, 9.17) is 0 Å². The number of carbonyl (C=O) groups excluding carboxylic acids is 1. The topological polar surface area (TPSA) is 44.4 Å². The molecule has 1 saturated heterocycles. The third-order valence-corrected chi connectivity index (χ3v) is 5.47. The molecule has 0 bridgehead atoms. The normalized spacial score (nSPS) is 22.4. The Morgan fingerprint density at radius 2 is 1.85 bits per heavy atom. The number of rotatable bonds is 5. The number of hydrogen-bond donors (Lipinski definition) is 2. The van der Waals surface area contributed by atoms with E-state index >= 15 is 0 Å². The Kier molecular flexibility index (Phi) is 5.94. The minimum Gasteiger partial charge on any atom is -0.371 e. The van der Waals surface area contributed by atoms with Crippen molar-refractivity contribution in [2.75, 3.05) is 24.5 Å². The third-order valence-electron chi connectivity index (χ3n) is 5.47. The maximum Gasteiger partial charge on any atom is 0.408 e. The smallest absolute Gasteiger partial charge is 0.371 e. The number of halogens is 3. The molecule has 0 spiro atoms. The monoisotopic (exact) mass is 369 g/mol. The second-order valence-electron chi connectivity index (χ2n) is 7.35. The van der Waals surface area contributed by atoms with Gasteiger partial charge in [-0.3, -0.25) is 0 Å². The Hall–Kier alpha value is -1.92. The fourth-order valence-corrected chi connectivity index (χ4v) is 4.06. The molecule has 0 aromatic heterocycles. The van der Waals surface area contributed by atoms with Gasteiger partial charge in [-0.15, -0.1) is 0 Å². The predicted molar refractivity (Wildman–Crippen MR) is 95.1 cm³/mol. The largest absolute Gasteiger partial charge is 0.408 e. The van der Waals surface area contributed by atoms with Gasteiger partial charge in [0.15, 0.2) is 0 Å². The summed E-state index contributed by atoms with van der Waals surface area (Å²) in [6, 6.07) is 7.55. The number of para-hydroxylation sites is 1. The molecule has 0 radical (unpaired) electrons. The van der Waals surface area contributed by atoms with Crippen molar-refractivity contribution in [2.24, 2.45) is 11.8 Å². The molecule has 4 nitrogen and oxygen atoms in total. The maximum atomic E-state index is 13.3. The highest BCUT2D eigenvalue weighted by Gasteiger charge is 2.46. The molecule has 1 saturated carbocycles. The van der Waals surface area contributed by atoms with E-state index in [9.17, 15) is 18.0 Å². The SMILES string of the molecule is O=C(NC[C@H]1CCN(c2ccccc2)C1)N[C@@H](C1CCCC1)C(F)(F)F. The molecule has 1 aromatic rings. The highest BCUT2D eigenvalue weighted by atomic mass is 19.4. The first kappa shape index (κ1) is 18.9. The lowest BCUT2D eigenvalue weighted by Gasteiger charge is -2.27. The van der Waals surface area contributed by atoms with Crippen LogP contribution in [-0.2, 0) is 0 Å². The van der Waals surface area contributed by atoms with E-state index < -0.39 is 24.2 Å². The van der Waals surface area contributed by atoms with Crippen LogP contribution in [0.1, 0.15) is 32.1 Å². The van der Waals surface area contributed by atoms with Crippen LogP contribution in [0.25, 0.3) is 0 Å². The Bertz CT molecular complexity index is 587. The maximum absolute atomic E-state index is 13.3. The van der Waals surface area contributed by atoms with Gasteiger partial charge in [0.2, 0.25) is 0 Å². The summed E-state index contributed by atoms with van der Waals surface area (Å²) < 4.78 is 39.8. The fourth-order valence-electron chi connectivity index (χ4n) is 4.06. The number of nitrogens with zero attached hydrogens (tertiary/aromatic N) is 1. The van der Waals surface area contributed by atoms with Gasteiger partial charge in [-0.2, -0.15) is 13.2 Å². The second-order valence-corrected chi connectivity index (χ2v) is 7.35. The van der Waals surface area contributed by atoms with Crippen LogP contribution >= 0.6 is 0 Å². The Morgan fingerprint density at radius 3 is 2.50 bits per heavy atom. The van der Waals surface area contributed by atoms with Crippen molar-refractivity contribution in [3.05, 3.63) is 30.3 Å². The van der Waals surface area contributed by atoms with Gasteiger partial charge >= 0.3 is 12.2 Å². The quantitative estimate of drug-likeness (QED) is 0.826. The molecule has 144 valence electrons. The van der Waals surface area contributed by atoms with Gasteiger partial charge in [-0.1, -0.05) is 31.0 Å². The molecule has 2 aliphatic rings. The van der Waals surface area contributed by atoms with Crippen LogP contribution in [0, 0.1) is 11.8 Å². The minimum absolute atomic E-state index is 0.247. The predicted octanol–water partition coefficient (Wildman–Crippen LogP) is 3.93. The number of hydrogen-bond acceptors (Lipinski definition) is 2. The first-order valence-electron chi connectivity index (χ1n) is 9.34. The number of nitrogens with one attached hydrogen (secondary N) is 2. The zero-order valence-electron chi connectivity index (χ0n) is 14.8. The highest BCUT2D eigenvalue weighted by Crippen LogP contribution is 2.35. The van der Waals surface area contributed by atoms with Crippen molar-refractivity contribution in [3.63, 3.8) is 0 Å². The number of carbonyl (C=O) groups is 1. The molecule has 26 heavy (non-hydrogen) atoms. The number of alkyl halides is 3. The molecule has 2 atom stereocenters. The van der Waals surface area contributed by atoms with E-state index in [1.807, 2.05) is 30.3 Å². The van der Waals surface area contributed by atoms with Crippen LogP contribution in [0.2, 0.25) is 0 Å². The average molecular weight is 369 g/mol. The van der Waals surface area contributed by atoms with Gasteiger partial charge in [0.25, 0.3) is 0 Å². The molecular formula is C19H26F3N3O. The molecule has 7 heteroatoms. The van der Waals surface area contributed by atoms with Crippen LogP contribution in [0.15, 0.2) is 30.3 Å². The fraction of sp³-hybridized carbons (Fsp3) is 0.632. The van der Waals surface area contributed by atoms with Gasteiger partial charge in [-0.25, -0.2) is 4.79 Å². The van der Waals surface area contributed by atoms with Gasteiger partial charge in [0.1, 0.15) is 6.04 Å². The van der Waals surface area contributed by atoms with E-state index in [1.165, 1.54) is 0 Å². The summed E-state index contributed by atoms with van der Waals surface area (Å²) in [6.07, 6.45) is -0.821. The van der Waals surface area contributed by atoms with Crippen molar-refractivity contribution < 1.29 is 18.0 Å². The van der Waals surface area contributed by atoms with E-state index in [1.54, 1.807) is 0 Å². The van der Waals surface area contributed by atoms with Crippen LogP contribution < -0.4 is 15.5 Å². The van der Waals surface area contributed by atoms with Crippen molar-refractivity contribution in [3.8, 4) is 0 Å². The zero-order valence-corrected chi connectivity index (χ0v) is 14.8. The first-order chi connectivity index (χ1) is 12.4. The molecule has 3 rings (SSSR count). The molecule has 0 unspecified atom stereocenters. The van der Waals surface area contributed by atoms with Crippen LogP contribution in [-0.4, -0.2) is 37.9 Å². The summed E-state index contributed by atoms with van der Waals surface area (Å²) in [6.45, 7) is 2.09. The number of anilines is 1. The highest BCUT2D eigenvalue weighted by molar-refractivity contribution is 5.74. The van der Waals surface area contributed by atoms with E-state index in [0.717, 1.165) is 38.0 Å². The van der Waals surface area contributed by atoms with Crippen LogP contribution in [0.4, 0.5) is 23.7 Å². The first-order valence-corrected chi connectivity index (χ1v) is 9.34. The van der Waals surface area contributed by atoms with Gasteiger partial charge < -0.3 is 15.5 Å². The lowest BCUT2D eigenvalue weighted by molar-refractivity contribution is -0.164. The lowest BCUT2D eigenvalue weighted by Crippen LogP contribution is -2.53. The summed E-state index contributed by atoms with van der Waals surface area (Å²) >= 11 is 0. The summed E-state index contributed by atoms with van der Waals surface area (Å²) in [5, 5.41) is 4.82. The average Bonchev–Trinajstić information content (AvgIpc) is 3.29. The summed E-state index contributed by atoms with van der Waals surface area (Å²) in [5.74, 6) is -0.252. The molecule has 1 aliphatic heterocycles. The molecule has 2 fully saturated rings. The number of benzene rings is 1. The van der Waals surface area contributed by atoms with Crippen molar-refractivity contribution in [1.82, 2.24) is 10.6 Å². The Labute approximate surface area is 152 Å². The van der Waals surface area contributed by atoms with Crippen molar-refractivity contribution >= 4 is 11.7 Å². The third kappa shape index (κ3) is 4.83. The number of amides is 2. The van der Waals surface area contributed by atoms with Crippen molar-refractivity contribution in [1.29, 1.82) is 0 Å². The summed E-state index contributed by atoms with van der Waals surface area (Å²) in [5.41, 5.74) is 1.14. The minimum atomic E-state index is -4.40. The van der Waals surface area contributed by atoms with Gasteiger partial charge in [-0.05, 0) is 43.2 Å². The van der Waals surface area contributed by atoms with Crippen LogP contribution in [0.5, 0.6) is 0 Å². The van der Waals surface area contributed by atoms with E-state index in [2.05, 4.69) is 15.5 Å². The molecule has 1 aliphatic carbocycles. The molecule has 2 amide bonds. The summed E-state index contributed by atoms with van der Waals surface area (Å²) in [7, 11) is 0. The molecular weight excluding hydrogens is 343 g/mol. The Balaban J connectivity index is 1.46. The number of urea groups is 1. The summed E-state index contributed by atoms with van der Waals surface area (Å²) in [4.78, 5) is 14.3. The van der Waals surface area contributed by atoms with Gasteiger partial charge in [0.05, 0.1) is 0 Å². The lowest BCUT2D eigenvalue weighted by atomic mass is 9.98. The van der Waals surface area contributed by atoms with Crippen LogP contribution in [0.3, 0.4) is 0 Å². The van der Waals surface area contributed by atoms with Crippen molar-refractivity contribution in [2.45, 2.75) is 44.3 Å². The Morgan fingerprint density at radius 1 is 1.15 bits per heavy atom. The van der Waals surface area contributed by atoms with E-state index in [-0.39, 0.29) is 5.92 Å². The van der Waals surface area contributed by atoms with E-state index in [0.29, 0.717) is 19.4 Å². The standard InChI is InChI=1S/C19H26F3N3O/c20-19(21,22)17(15-6-4-5-7-15)24-18(26)23-12-14-10-11-25(13-14)16-8-2-1-3-9-16/h1-3,8-9,14-15,17H,4-7,10-13H2,(H2,23,24,26)/t14-,17+/m1/s1. The zero-order chi connectivity index (χ0) is 18.6. The van der Waals surface area contributed by atoms with Gasteiger partial charge in [0, 0.05) is 25.3 Å². The second kappa shape index (κ2) is 8.18. The molecule has 1 aromatic carbocycles. The molecule has 1 heterocycles. The molecule has 2 N–H and O–H groups in total.